The van der Waals surface area contributed by atoms with Gasteiger partial charge in [-0.05, 0) is 99.7 Å². The van der Waals surface area contributed by atoms with Crippen LogP contribution in [0.25, 0.3) is 0 Å². The molecular weight excluding hydrogens is 837 g/mol. The Hall–Kier alpha value is -3.26. The van der Waals surface area contributed by atoms with E-state index in [1.807, 2.05) is 69.2 Å². The summed E-state index contributed by atoms with van der Waals surface area (Å²) in [5.74, 6) is -0.741. The van der Waals surface area contributed by atoms with Gasteiger partial charge in [0.15, 0.2) is 0 Å². The molecular formula is C52H92N6O8. The van der Waals surface area contributed by atoms with E-state index in [9.17, 15) is 28.8 Å². The van der Waals surface area contributed by atoms with E-state index < -0.39 is 35.0 Å². The van der Waals surface area contributed by atoms with Crippen molar-refractivity contribution in [2.45, 2.75) is 221 Å². The first-order valence-corrected chi connectivity index (χ1v) is 26.3. The van der Waals surface area contributed by atoms with Crippen LogP contribution in [0.4, 0.5) is 0 Å². The van der Waals surface area contributed by atoms with Gasteiger partial charge < -0.3 is 40.5 Å². The molecule has 2 aliphatic heterocycles. The zero-order chi connectivity index (χ0) is 48.6. The topological polar surface area (TPSA) is 175 Å². The zero-order valence-electron chi connectivity index (χ0n) is 42.9. The fraction of sp³-hybridized carbons (Fsp3) is 0.885. The summed E-state index contributed by atoms with van der Waals surface area (Å²) in [6.45, 7) is 22.2. The SMILES string of the molecule is CC[C@@H](C)C(=O)N[C@H](C(=O)N1CCC[C@H]1C(=O)N[C@H](COCCCCOC[C@@H](NC(=O)[C@@H]1CCCN1C(=O)[C@@H](NC(=O)[C@H](C)CC)C(C)(C)C)C1CCCCC1)C1CCCCC1)C(C)(C)C. The van der Waals surface area contributed by atoms with Gasteiger partial charge in [-0.15, -0.1) is 0 Å². The van der Waals surface area contributed by atoms with Crippen LogP contribution in [0.5, 0.6) is 0 Å². The third-order valence-corrected chi connectivity index (χ3v) is 15.1. The van der Waals surface area contributed by atoms with E-state index >= 15 is 0 Å². The predicted octanol–water partition coefficient (Wildman–Crippen LogP) is 7.07. The van der Waals surface area contributed by atoms with Crippen LogP contribution in [0, 0.1) is 34.5 Å². The quantitative estimate of drug-likeness (QED) is 0.0788. The second kappa shape index (κ2) is 26.5. The van der Waals surface area contributed by atoms with Crippen molar-refractivity contribution in [3.63, 3.8) is 0 Å². The molecule has 0 radical (unpaired) electrons. The zero-order valence-corrected chi connectivity index (χ0v) is 42.9. The number of carbonyl (C=O) groups is 6. The van der Waals surface area contributed by atoms with Crippen molar-refractivity contribution in [2.24, 2.45) is 34.5 Å². The van der Waals surface area contributed by atoms with Gasteiger partial charge >= 0.3 is 0 Å². The van der Waals surface area contributed by atoms with Crippen molar-refractivity contribution < 1.29 is 38.2 Å². The minimum Gasteiger partial charge on any atom is -0.379 e. The van der Waals surface area contributed by atoms with E-state index in [1.54, 1.807) is 9.80 Å². The van der Waals surface area contributed by atoms with Crippen molar-refractivity contribution in [1.29, 1.82) is 0 Å². The van der Waals surface area contributed by atoms with Gasteiger partial charge in [0.05, 0.1) is 25.3 Å². The fourth-order valence-corrected chi connectivity index (χ4v) is 10.2. The van der Waals surface area contributed by atoms with E-state index in [1.165, 1.54) is 12.8 Å². The average Bonchev–Trinajstić information content (AvgIpc) is 4.00. The van der Waals surface area contributed by atoms with Crippen LogP contribution < -0.4 is 21.3 Å². The molecule has 4 fully saturated rings. The average molecular weight is 929 g/mol. The third-order valence-electron chi connectivity index (χ3n) is 15.1. The van der Waals surface area contributed by atoms with Gasteiger partial charge in [-0.2, -0.15) is 0 Å². The largest absolute Gasteiger partial charge is 0.379 e. The number of ether oxygens (including phenoxy) is 2. The van der Waals surface area contributed by atoms with Gasteiger partial charge in [0.1, 0.15) is 24.2 Å². The van der Waals surface area contributed by atoms with Crippen LogP contribution in [0.3, 0.4) is 0 Å². The molecule has 0 aromatic carbocycles. The summed E-state index contributed by atoms with van der Waals surface area (Å²) >= 11 is 0. The van der Waals surface area contributed by atoms with E-state index in [4.69, 9.17) is 9.47 Å². The normalized spacial score (nSPS) is 22.8. The molecule has 8 atom stereocenters. The molecule has 4 aliphatic rings. The smallest absolute Gasteiger partial charge is 0.246 e. The van der Waals surface area contributed by atoms with Crippen LogP contribution in [0.2, 0.25) is 0 Å². The highest BCUT2D eigenvalue weighted by Crippen LogP contribution is 2.31. The fourth-order valence-electron chi connectivity index (χ4n) is 10.2. The molecule has 4 rings (SSSR count). The van der Waals surface area contributed by atoms with Gasteiger partial charge in [-0.3, -0.25) is 28.8 Å². The first-order chi connectivity index (χ1) is 31.3. The summed E-state index contributed by atoms with van der Waals surface area (Å²) < 4.78 is 12.5. The number of likely N-dealkylation sites (tertiary alicyclic amines) is 2. The minimum absolute atomic E-state index is 0.138. The number of hydrogen-bond donors (Lipinski definition) is 4. The lowest BCUT2D eigenvalue weighted by atomic mass is 9.84. The summed E-state index contributed by atoms with van der Waals surface area (Å²) in [6, 6.07) is -2.92. The maximum absolute atomic E-state index is 14.1. The molecule has 14 heteroatoms. The Kier molecular flexibility index (Phi) is 22.2. The Morgan fingerprint density at radius 1 is 0.515 bits per heavy atom. The van der Waals surface area contributed by atoms with E-state index in [-0.39, 0.29) is 59.4 Å². The maximum Gasteiger partial charge on any atom is 0.246 e. The first-order valence-electron chi connectivity index (χ1n) is 26.3. The first kappa shape index (κ1) is 55.3. The number of unbranched alkanes of at least 4 members (excludes halogenated alkanes) is 1. The number of hydrogen-bond acceptors (Lipinski definition) is 8. The van der Waals surface area contributed by atoms with Crippen LogP contribution in [-0.4, -0.2) is 121 Å². The molecule has 0 bridgehead atoms. The van der Waals surface area contributed by atoms with Crippen molar-refractivity contribution in [1.82, 2.24) is 31.1 Å². The summed E-state index contributed by atoms with van der Waals surface area (Å²) in [6.07, 6.45) is 16.6. The Morgan fingerprint density at radius 2 is 0.864 bits per heavy atom. The molecule has 2 saturated carbocycles. The molecule has 66 heavy (non-hydrogen) atoms. The monoisotopic (exact) mass is 929 g/mol. The number of nitrogens with one attached hydrogen (secondary N) is 4. The minimum atomic E-state index is -0.728. The summed E-state index contributed by atoms with van der Waals surface area (Å²) in [4.78, 5) is 85.5. The highest BCUT2D eigenvalue weighted by Gasteiger charge is 2.45. The molecule has 378 valence electrons. The van der Waals surface area contributed by atoms with Gasteiger partial charge in [-0.1, -0.05) is 108 Å². The molecule has 0 unspecified atom stereocenters. The van der Waals surface area contributed by atoms with Gasteiger partial charge in [0.2, 0.25) is 35.4 Å². The summed E-state index contributed by atoms with van der Waals surface area (Å²) in [5, 5.41) is 12.7. The molecule has 2 heterocycles. The molecule has 0 aromatic heterocycles. The second-order valence-corrected chi connectivity index (χ2v) is 22.5. The van der Waals surface area contributed by atoms with Crippen molar-refractivity contribution in [3.8, 4) is 0 Å². The number of nitrogens with zero attached hydrogens (tertiary/aromatic N) is 2. The van der Waals surface area contributed by atoms with Crippen molar-refractivity contribution in [2.75, 3.05) is 39.5 Å². The summed E-state index contributed by atoms with van der Waals surface area (Å²) in [5.41, 5.74) is -1.04. The standard InChI is InChI=1S/C52H92N6O8/c1-11-35(3)45(59)55-43(51(5,6)7)49(63)57-29-21-27-41(57)47(61)53-39(37-23-15-13-16-24-37)33-65-31-19-20-32-66-34-40(38-25-17-14-18-26-38)54-48(62)42-28-22-30-58(42)50(64)44(52(8,9)10)56-46(60)36(4)12-2/h35-44H,11-34H2,1-10H3,(H,53,61)(H,54,62)(H,55,59)(H,56,60)/t35-,36-,39-,40-,41+,42+,43-,44-/m1/s1. The van der Waals surface area contributed by atoms with E-state index in [0.717, 1.165) is 77.0 Å². The highest BCUT2D eigenvalue weighted by molar-refractivity contribution is 5.94. The lowest BCUT2D eigenvalue weighted by molar-refractivity contribution is -0.144. The number of amides is 6. The Balaban J connectivity index is 1.28. The van der Waals surface area contributed by atoms with E-state index in [0.29, 0.717) is 77.0 Å². The van der Waals surface area contributed by atoms with Crippen LogP contribution in [0.1, 0.15) is 185 Å². The van der Waals surface area contributed by atoms with Crippen LogP contribution >= 0.6 is 0 Å². The Bertz CT molecular complexity index is 1450. The van der Waals surface area contributed by atoms with E-state index in [2.05, 4.69) is 21.3 Å². The molecule has 6 amide bonds. The Labute approximate surface area is 398 Å². The highest BCUT2D eigenvalue weighted by atomic mass is 16.5. The third kappa shape index (κ3) is 16.2. The van der Waals surface area contributed by atoms with Crippen LogP contribution in [-0.2, 0) is 38.2 Å². The van der Waals surface area contributed by atoms with Crippen LogP contribution in [0.15, 0.2) is 0 Å². The molecule has 0 aromatic rings. The lowest BCUT2D eigenvalue weighted by Gasteiger charge is -2.37. The molecule has 2 aliphatic carbocycles. The molecule has 4 N–H and O–H groups in total. The van der Waals surface area contributed by atoms with Gasteiger partial charge in [-0.25, -0.2) is 0 Å². The van der Waals surface area contributed by atoms with Gasteiger partial charge in [0, 0.05) is 38.1 Å². The second-order valence-electron chi connectivity index (χ2n) is 22.5. The molecule has 14 nitrogen and oxygen atoms in total. The summed E-state index contributed by atoms with van der Waals surface area (Å²) in [7, 11) is 0. The molecule has 2 saturated heterocycles. The Morgan fingerprint density at radius 3 is 1.18 bits per heavy atom. The van der Waals surface area contributed by atoms with Crippen molar-refractivity contribution in [3.05, 3.63) is 0 Å². The van der Waals surface area contributed by atoms with Crippen molar-refractivity contribution >= 4 is 35.4 Å². The lowest BCUT2D eigenvalue weighted by Crippen LogP contribution is -2.59. The predicted molar refractivity (Wildman–Crippen MR) is 259 cm³/mol. The number of rotatable bonds is 23. The van der Waals surface area contributed by atoms with Gasteiger partial charge in [0.25, 0.3) is 0 Å². The molecule has 0 spiro atoms. The number of carbonyl (C=O) groups excluding carboxylic acids is 6. The maximum atomic E-state index is 14.1.